The second-order valence-electron chi connectivity index (χ2n) is 3.84. The van der Waals surface area contributed by atoms with E-state index in [-0.39, 0.29) is 11.8 Å². The van der Waals surface area contributed by atoms with Gasteiger partial charge in [0.1, 0.15) is 0 Å². The average Bonchev–Trinajstić information content (AvgIpc) is 2.70. The first kappa shape index (κ1) is 10.6. The van der Waals surface area contributed by atoms with Gasteiger partial charge in [-0.25, -0.2) is 0 Å². The molecule has 0 aliphatic carbocycles. The van der Waals surface area contributed by atoms with E-state index < -0.39 is 0 Å². The fourth-order valence-electron chi connectivity index (χ4n) is 1.97. The summed E-state index contributed by atoms with van der Waals surface area (Å²) in [6.07, 6.45) is 5.82. The summed E-state index contributed by atoms with van der Waals surface area (Å²) >= 11 is 0. The van der Waals surface area contributed by atoms with Crippen molar-refractivity contribution in [3.63, 3.8) is 0 Å². The number of hydrogen-bond donors (Lipinski definition) is 1. The highest BCUT2D eigenvalue weighted by Gasteiger charge is 2.30. The Hall–Kier alpha value is -1.95. The fraction of sp³-hybridized carbons (Fsp3) is 0.308. The minimum Gasteiger partial charge on any atom is -0.386 e. The van der Waals surface area contributed by atoms with Gasteiger partial charge in [-0.2, -0.15) is 0 Å². The largest absolute Gasteiger partial charge is 0.386 e. The number of nitrogens with one attached hydrogen (secondary N) is 1. The first-order valence-electron chi connectivity index (χ1n) is 5.29. The Morgan fingerprint density at radius 1 is 1.50 bits per heavy atom. The smallest absolute Gasteiger partial charge is 0.228 e. The molecular formula is C13H14N2O. The molecule has 82 valence electrons. The molecule has 2 rings (SSSR count). The van der Waals surface area contributed by atoms with Crippen LogP contribution in [0, 0.1) is 18.3 Å². The molecule has 1 unspecified atom stereocenters. The molecule has 1 aliphatic rings. The summed E-state index contributed by atoms with van der Waals surface area (Å²) in [7, 11) is 1.85. The predicted molar refractivity (Wildman–Crippen MR) is 65.3 cm³/mol. The van der Waals surface area contributed by atoms with Crippen LogP contribution in [0.1, 0.15) is 6.42 Å². The number of benzene rings is 1. The number of anilines is 2. The van der Waals surface area contributed by atoms with Gasteiger partial charge in [-0.05, 0) is 12.1 Å². The number of carbonyl (C=O) groups is 1. The zero-order chi connectivity index (χ0) is 11.5. The fourth-order valence-corrected chi connectivity index (χ4v) is 1.97. The summed E-state index contributed by atoms with van der Waals surface area (Å²) in [6.45, 7) is 0.619. The lowest BCUT2D eigenvalue weighted by molar-refractivity contribution is -0.117. The van der Waals surface area contributed by atoms with Crippen molar-refractivity contribution in [3.05, 3.63) is 24.3 Å². The van der Waals surface area contributed by atoms with Crippen LogP contribution in [0.25, 0.3) is 0 Å². The second kappa shape index (κ2) is 4.28. The molecule has 0 radical (unpaired) electrons. The van der Waals surface area contributed by atoms with Crippen LogP contribution in [0.2, 0.25) is 0 Å². The molecule has 1 saturated heterocycles. The lowest BCUT2D eigenvalue weighted by Crippen LogP contribution is -2.25. The molecule has 1 N–H and O–H groups in total. The number of carbonyl (C=O) groups excluding carboxylic acids is 1. The third kappa shape index (κ3) is 1.74. The molecule has 1 fully saturated rings. The van der Waals surface area contributed by atoms with Crippen LogP contribution in [0.3, 0.4) is 0 Å². The molecular weight excluding hydrogens is 200 g/mol. The number of amides is 1. The number of terminal acetylenes is 1. The Balaban J connectivity index is 2.31. The summed E-state index contributed by atoms with van der Waals surface area (Å²) in [5.41, 5.74) is 1.86. The van der Waals surface area contributed by atoms with Crippen molar-refractivity contribution in [2.45, 2.75) is 6.42 Å². The highest BCUT2D eigenvalue weighted by molar-refractivity contribution is 5.99. The van der Waals surface area contributed by atoms with Crippen molar-refractivity contribution >= 4 is 17.3 Å². The first-order valence-corrected chi connectivity index (χ1v) is 5.29. The van der Waals surface area contributed by atoms with Crippen LogP contribution >= 0.6 is 0 Å². The Morgan fingerprint density at radius 3 is 2.88 bits per heavy atom. The van der Waals surface area contributed by atoms with E-state index in [0.29, 0.717) is 13.0 Å². The van der Waals surface area contributed by atoms with Gasteiger partial charge in [0, 0.05) is 25.9 Å². The maximum absolute atomic E-state index is 11.8. The van der Waals surface area contributed by atoms with Crippen LogP contribution in [-0.2, 0) is 4.79 Å². The maximum Gasteiger partial charge on any atom is 0.228 e. The lowest BCUT2D eigenvalue weighted by atomic mass is 10.1. The minimum absolute atomic E-state index is 0.0393. The zero-order valence-electron chi connectivity index (χ0n) is 9.23. The van der Waals surface area contributed by atoms with Crippen LogP contribution in [0.4, 0.5) is 11.4 Å². The van der Waals surface area contributed by atoms with Gasteiger partial charge in [-0.15, -0.1) is 12.3 Å². The Morgan fingerprint density at radius 2 is 2.25 bits per heavy atom. The summed E-state index contributed by atoms with van der Waals surface area (Å²) < 4.78 is 0. The molecule has 0 spiro atoms. The molecule has 1 aliphatic heterocycles. The van der Waals surface area contributed by atoms with E-state index in [4.69, 9.17) is 6.42 Å². The maximum atomic E-state index is 11.8. The monoisotopic (exact) mass is 214 g/mol. The molecule has 3 heteroatoms. The highest BCUT2D eigenvalue weighted by Crippen LogP contribution is 2.30. The van der Waals surface area contributed by atoms with Crippen molar-refractivity contribution in [2.24, 2.45) is 5.92 Å². The van der Waals surface area contributed by atoms with Gasteiger partial charge >= 0.3 is 0 Å². The average molecular weight is 214 g/mol. The Bertz CT molecular complexity index is 447. The van der Waals surface area contributed by atoms with E-state index in [1.807, 2.05) is 31.3 Å². The van der Waals surface area contributed by atoms with Crippen LogP contribution in [0.5, 0.6) is 0 Å². The molecule has 1 atom stereocenters. The summed E-state index contributed by atoms with van der Waals surface area (Å²) in [5, 5.41) is 3.08. The number of nitrogens with zero attached hydrogens (tertiary/aromatic N) is 1. The zero-order valence-corrected chi connectivity index (χ0v) is 9.23. The molecule has 1 amide bonds. The van der Waals surface area contributed by atoms with Gasteiger partial charge in [0.25, 0.3) is 0 Å². The van der Waals surface area contributed by atoms with Crippen LogP contribution in [-0.4, -0.2) is 19.5 Å². The van der Waals surface area contributed by atoms with Gasteiger partial charge in [0.2, 0.25) is 5.91 Å². The van der Waals surface area contributed by atoms with E-state index in [0.717, 1.165) is 11.4 Å². The van der Waals surface area contributed by atoms with Gasteiger partial charge < -0.3 is 10.2 Å². The molecule has 16 heavy (non-hydrogen) atoms. The molecule has 3 nitrogen and oxygen atoms in total. The Labute approximate surface area is 95.5 Å². The SMILES string of the molecule is C#CC1CC(=O)N(c2ccccc2NC)C1. The normalized spacial score (nSPS) is 19.6. The van der Waals surface area contributed by atoms with E-state index >= 15 is 0 Å². The van der Waals surface area contributed by atoms with Crippen molar-refractivity contribution in [1.29, 1.82) is 0 Å². The highest BCUT2D eigenvalue weighted by atomic mass is 16.2. The van der Waals surface area contributed by atoms with Crippen molar-refractivity contribution < 1.29 is 4.79 Å². The minimum atomic E-state index is 0.0393. The van der Waals surface area contributed by atoms with E-state index in [1.165, 1.54) is 0 Å². The van der Waals surface area contributed by atoms with Gasteiger partial charge in [-0.3, -0.25) is 4.79 Å². The van der Waals surface area contributed by atoms with E-state index in [1.54, 1.807) is 4.90 Å². The standard InChI is InChI=1S/C13H14N2O/c1-3-10-8-13(16)15(9-10)12-7-5-4-6-11(12)14-2/h1,4-7,10,14H,8-9H2,2H3. The summed E-state index contributed by atoms with van der Waals surface area (Å²) in [4.78, 5) is 13.6. The molecule has 0 bridgehead atoms. The number of hydrogen-bond acceptors (Lipinski definition) is 2. The van der Waals surface area contributed by atoms with Gasteiger partial charge in [-0.1, -0.05) is 12.1 Å². The van der Waals surface area contributed by atoms with Gasteiger partial charge in [0.05, 0.1) is 11.4 Å². The first-order chi connectivity index (χ1) is 7.76. The quantitative estimate of drug-likeness (QED) is 0.760. The van der Waals surface area contributed by atoms with Crippen molar-refractivity contribution in [2.75, 3.05) is 23.8 Å². The number of rotatable bonds is 2. The predicted octanol–water partition coefficient (Wildman–Crippen LogP) is 1.71. The number of para-hydroxylation sites is 2. The Kier molecular flexibility index (Phi) is 2.82. The van der Waals surface area contributed by atoms with Gasteiger partial charge in [0.15, 0.2) is 0 Å². The molecule has 0 saturated carbocycles. The molecule has 1 aromatic carbocycles. The van der Waals surface area contributed by atoms with E-state index in [9.17, 15) is 4.79 Å². The van der Waals surface area contributed by atoms with Crippen LogP contribution < -0.4 is 10.2 Å². The summed E-state index contributed by atoms with van der Waals surface area (Å²) in [6, 6.07) is 7.75. The lowest BCUT2D eigenvalue weighted by Gasteiger charge is -2.19. The molecule has 0 aromatic heterocycles. The molecule has 1 heterocycles. The third-order valence-corrected chi connectivity index (χ3v) is 2.82. The summed E-state index contributed by atoms with van der Waals surface area (Å²) in [5.74, 6) is 2.79. The topological polar surface area (TPSA) is 32.3 Å². The van der Waals surface area contributed by atoms with E-state index in [2.05, 4.69) is 11.2 Å². The van der Waals surface area contributed by atoms with Crippen molar-refractivity contribution in [3.8, 4) is 12.3 Å². The van der Waals surface area contributed by atoms with Crippen molar-refractivity contribution in [1.82, 2.24) is 0 Å². The van der Waals surface area contributed by atoms with Crippen LogP contribution in [0.15, 0.2) is 24.3 Å². The second-order valence-corrected chi connectivity index (χ2v) is 3.84. The third-order valence-electron chi connectivity index (χ3n) is 2.82. The molecule has 1 aromatic rings.